The standard InChI is InChI=1S/C29H32N2O8S5/c1-4-19(15-26-30(10-5-13-43(32,33)34)22-17-20(38-2)7-8-24(22)41-26)16-27-31(11-6-14-44(35,36)37)28-25(42-27)18-23(39-3)21-9-12-40-29(21)28/h7-9,12,15-18H,4-6,10-11,13-14H2,1-3H3,(H-,32,33,34,35,36,37)/p+1. The molecule has 1 aliphatic heterocycles. The lowest BCUT2D eigenvalue weighted by Gasteiger charge is -2.21. The van der Waals surface area contributed by atoms with Gasteiger partial charge in [0.1, 0.15) is 20.9 Å². The van der Waals surface area contributed by atoms with Gasteiger partial charge in [-0.15, -0.1) is 11.3 Å². The van der Waals surface area contributed by atoms with Gasteiger partial charge in [0.05, 0.1) is 36.4 Å². The Kier molecular flexibility index (Phi) is 9.94. The first-order valence-electron chi connectivity index (χ1n) is 13.8. The maximum atomic E-state index is 11.5. The van der Waals surface area contributed by atoms with Crippen LogP contribution in [-0.4, -0.2) is 58.2 Å². The third-order valence-corrected chi connectivity index (χ3v) is 11.9. The largest absolute Gasteiger partial charge is 0.497 e. The van der Waals surface area contributed by atoms with E-state index in [1.807, 2.05) is 40.6 Å². The number of allylic oxidation sites excluding steroid dienone is 2. The Balaban J connectivity index is 1.58. The van der Waals surface area contributed by atoms with Gasteiger partial charge in [-0.05, 0) is 48.1 Å². The normalized spacial score (nSPS) is 15.1. The zero-order chi connectivity index (χ0) is 31.6. The van der Waals surface area contributed by atoms with E-state index in [4.69, 9.17) is 9.47 Å². The molecule has 0 fully saturated rings. The Bertz CT molecular complexity index is 1980. The molecule has 0 saturated heterocycles. The van der Waals surface area contributed by atoms with Crippen LogP contribution in [0.15, 0.2) is 57.3 Å². The van der Waals surface area contributed by atoms with Gasteiger partial charge in [-0.3, -0.25) is 9.11 Å². The molecule has 0 aliphatic carbocycles. The fraction of sp³-hybridized carbons (Fsp3) is 0.345. The fourth-order valence-electron chi connectivity index (χ4n) is 5.09. The average molecular weight is 698 g/mol. The maximum absolute atomic E-state index is 11.5. The van der Waals surface area contributed by atoms with E-state index in [0.717, 1.165) is 52.2 Å². The van der Waals surface area contributed by atoms with Gasteiger partial charge in [0, 0.05) is 41.5 Å². The molecule has 0 amide bonds. The summed E-state index contributed by atoms with van der Waals surface area (Å²) in [5, 5.41) is 4.83. The van der Waals surface area contributed by atoms with Gasteiger partial charge in [-0.25, -0.2) is 0 Å². The van der Waals surface area contributed by atoms with E-state index in [9.17, 15) is 25.9 Å². The smallest absolute Gasteiger partial charge is 0.265 e. The van der Waals surface area contributed by atoms with Crippen LogP contribution in [0.5, 0.6) is 11.5 Å². The van der Waals surface area contributed by atoms with E-state index in [0.29, 0.717) is 25.3 Å². The van der Waals surface area contributed by atoms with Gasteiger partial charge in [0.15, 0.2) is 6.54 Å². The molecule has 2 aromatic heterocycles. The first-order valence-corrected chi connectivity index (χ1v) is 19.5. The van der Waals surface area contributed by atoms with Gasteiger partial charge in [0.2, 0.25) is 5.52 Å². The molecular weight excluding hydrogens is 665 g/mol. The first kappa shape index (κ1) is 32.7. The van der Waals surface area contributed by atoms with Gasteiger partial charge in [0.25, 0.3) is 25.2 Å². The van der Waals surface area contributed by atoms with Crippen molar-refractivity contribution in [1.82, 2.24) is 0 Å². The van der Waals surface area contributed by atoms with Crippen LogP contribution < -0.4 is 18.9 Å². The van der Waals surface area contributed by atoms with Crippen LogP contribution in [0.25, 0.3) is 26.4 Å². The number of benzene rings is 2. The SMILES string of the molecule is CCC(=Cc1sc2cc(OC)c3ccsc3c2[n+]1CCCS(=O)(=O)O)C=C1Sc2ccc(OC)cc2N1CCCS(=O)(=O)O. The highest BCUT2D eigenvalue weighted by molar-refractivity contribution is 8.03. The summed E-state index contributed by atoms with van der Waals surface area (Å²) in [5.74, 6) is 0.766. The van der Waals surface area contributed by atoms with Crippen LogP contribution in [0.1, 0.15) is 31.2 Å². The molecule has 5 rings (SSSR count). The second-order valence-electron chi connectivity index (χ2n) is 10.1. The predicted octanol–water partition coefficient (Wildman–Crippen LogP) is 6.22. The van der Waals surface area contributed by atoms with Crippen LogP contribution in [0.4, 0.5) is 5.69 Å². The molecular formula is C29H33N2O8S5+. The highest BCUT2D eigenvalue weighted by atomic mass is 32.2. The van der Waals surface area contributed by atoms with Crippen molar-refractivity contribution < 1.29 is 40.0 Å². The van der Waals surface area contributed by atoms with Crippen LogP contribution in [-0.2, 0) is 26.8 Å². The highest BCUT2D eigenvalue weighted by Gasteiger charge is 2.28. The minimum absolute atomic E-state index is 0.237. The number of anilines is 1. The summed E-state index contributed by atoms with van der Waals surface area (Å²) in [5.41, 5.74) is 2.91. The van der Waals surface area contributed by atoms with Gasteiger partial charge < -0.3 is 14.4 Å². The molecule has 236 valence electrons. The highest BCUT2D eigenvalue weighted by Crippen LogP contribution is 2.48. The van der Waals surface area contributed by atoms with Crippen LogP contribution in [0, 0.1) is 0 Å². The Morgan fingerprint density at radius 2 is 1.77 bits per heavy atom. The van der Waals surface area contributed by atoms with E-state index in [1.54, 1.807) is 48.7 Å². The summed E-state index contributed by atoms with van der Waals surface area (Å²) in [6.45, 7) is 2.82. The van der Waals surface area contributed by atoms with Gasteiger partial charge in [-0.2, -0.15) is 21.4 Å². The number of nitrogens with zero attached hydrogens (tertiary/aromatic N) is 2. The van der Waals surface area contributed by atoms with E-state index < -0.39 is 20.2 Å². The quantitative estimate of drug-likeness (QED) is 0.122. The van der Waals surface area contributed by atoms with Crippen LogP contribution >= 0.6 is 34.4 Å². The van der Waals surface area contributed by atoms with E-state index in [1.165, 1.54) is 0 Å². The molecule has 0 bridgehead atoms. The second-order valence-corrected chi connectivity index (χ2v) is 16.3. The third-order valence-electron chi connectivity index (χ3n) is 7.14. The number of methoxy groups -OCH3 is 2. The topological polar surface area (TPSA) is 134 Å². The van der Waals surface area contributed by atoms with E-state index in [-0.39, 0.29) is 24.3 Å². The summed E-state index contributed by atoms with van der Waals surface area (Å²) < 4.78 is 79.9. The predicted molar refractivity (Wildman–Crippen MR) is 179 cm³/mol. The second kappa shape index (κ2) is 13.4. The summed E-state index contributed by atoms with van der Waals surface area (Å²) >= 11 is 4.75. The number of aromatic nitrogens is 1. The van der Waals surface area contributed by atoms with Gasteiger partial charge in [-0.1, -0.05) is 30.0 Å². The summed E-state index contributed by atoms with van der Waals surface area (Å²) in [4.78, 5) is 3.05. The summed E-state index contributed by atoms with van der Waals surface area (Å²) in [7, 11) is -4.97. The van der Waals surface area contributed by atoms with Crippen LogP contribution in [0.3, 0.4) is 0 Å². The fourth-order valence-corrected chi connectivity index (χ4v) is 9.46. The number of aryl methyl sites for hydroxylation is 1. The number of thiophene rings is 1. The maximum Gasteiger partial charge on any atom is 0.265 e. The van der Waals surface area contributed by atoms with Crippen molar-refractivity contribution in [3.8, 4) is 11.5 Å². The first-order chi connectivity index (χ1) is 20.9. The molecule has 0 saturated carbocycles. The molecule has 0 spiro atoms. The molecule has 10 nitrogen and oxygen atoms in total. The molecule has 4 aromatic rings. The number of thiazole rings is 1. The molecule has 1 aliphatic rings. The van der Waals surface area contributed by atoms with Crippen molar-refractivity contribution in [1.29, 1.82) is 0 Å². The van der Waals surface area contributed by atoms with Crippen molar-refractivity contribution >= 4 is 86.7 Å². The molecule has 2 aromatic carbocycles. The lowest BCUT2D eigenvalue weighted by molar-refractivity contribution is -0.667. The Labute approximate surface area is 269 Å². The lowest BCUT2D eigenvalue weighted by Crippen LogP contribution is -2.36. The molecule has 0 atom stereocenters. The van der Waals surface area contributed by atoms with Crippen molar-refractivity contribution in [2.75, 3.05) is 37.2 Å². The number of ether oxygens (including phenoxy) is 2. The van der Waals surface area contributed by atoms with Crippen molar-refractivity contribution in [3.05, 3.63) is 57.4 Å². The number of hydrogen-bond donors (Lipinski definition) is 2. The number of thioether (sulfide) groups is 1. The zero-order valence-corrected chi connectivity index (χ0v) is 28.4. The summed E-state index contributed by atoms with van der Waals surface area (Å²) in [6, 6.07) is 9.79. The Hall–Kier alpha value is -2.66. The minimum atomic E-state index is -4.11. The Morgan fingerprint density at radius 1 is 1.02 bits per heavy atom. The number of hydrogen-bond acceptors (Lipinski definition) is 10. The number of fused-ring (bicyclic) bond motifs is 4. The van der Waals surface area contributed by atoms with Crippen molar-refractivity contribution in [3.63, 3.8) is 0 Å². The average Bonchev–Trinajstić information content (AvgIpc) is 3.66. The third kappa shape index (κ3) is 7.41. The molecule has 2 N–H and O–H groups in total. The molecule has 0 radical (unpaired) electrons. The molecule has 44 heavy (non-hydrogen) atoms. The van der Waals surface area contributed by atoms with E-state index >= 15 is 0 Å². The Morgan fingerprint density at radius 3 is 2.45 bits per heavy atom. The molecule has 15 heteroatoms. The zero-order valence-electron chi connectivity index (χ0n) is 24.3. The monoisotopic (exact) mass is 697 g/mol. The molecule has 3 heterocycles. The van der Waals surface area contributed by atoms with Crippen LogP contribution in [0.2, 0.25) is 0 Å². The minimum Gasteiger partial charge on any atom is -0.497 e. The number of rotatable bonds is 13. The lowest BCUT2D eigenvalue weighted by atomic mass is 10.2. The molecule has 0 unspecified atom stereocenters. The summed E-state index contributed by atoms with van der Waals surface area (Å²) in [6.07, 6.45) is 5.35. The van der Waals surface area contributed by atoms with E-state index in [2.05, 4.69) is 23.6 Å². The van der Waals surface area contributed by atoms with Crippen molar-refractivity contribution in [2.24, 2.45) is 0 Å². The van der Waals surface area contributed by atoms with Gasteiger partial charge >= 0.3 is 0 Å². The van der Waals surface area contributed by atoms with Crippen molar-refractivity contribution in [2.45, 2.75) is 37.6 Å².